The van der Waals surface area contributed by atoms with E-state index in [0.717, 1.165) is 6.42 Å². The summed E-state index contributed by atoms with van der Waals surface area (Å²) in [6.45, 7) is 8.30. The van der Waals surface area contributed by atoms with Crippen molar-refractivity contribution < 1.29 is 4.79 Å². The summed E-state index contributed by atoms with van der Waals surface area (Å²) < 4.78 is 0. The van der Waals surface area contributed by atoms with Gasteiger partial charge in [0.2, 0.25) is 5.91 Å². The van der Waals surface area contributed by atoms with Crippen LogP contribution in [0.15, 0.2) is 0 Å². The molecule has 0 unspecified atom stereocenters. The van der Waals surface area contributed by atoms with Crippen molar-refractivity contribution in [2.24, 2.45) is 5.73 Å². The van der Waals surface area contributed by atoms with Crippen molar-refractivity contribution in [3.05, 3.63) is 0 Å². The van der Waals surface area contributed by atoms with Gasteiger partial charge in [-0.1, -0.05) is 13.8 Å². The van der Waals surface area contributed by atoms with Crippen LogP contribution in [0.3, 0.4) is 0 Å². The van der Waals surface area contributed by atoms with Crippen molar-refractivity contribution in [1.82, 2.24) is 4.90 Å². The molecule has 0 rings (SSSR count). The first-order valence-electron chi connectivity index (χ1n) is 4.50. The quantitative estimate of drug-likeness (QED) is 0.650. The standard InChI is InChI=1S/C9H20N2O/c1-5-8(12)11(7-10)9(3,4)6-2/h5-7,10H2,1-4H3. The third kappa shape index (κ3) is 2.48. The summed E-state index contributed by atoms with van der Waals surface area (Å²) in [7, 11) is 0. The summed E-state index contributed by atoms with van der Waals surface area (Å²) in [6.07, 6.45) is 1.45. The maximum Gasteiger partial charge on any atom is 0.223 e. The van der Waals surface area contributed by atoms with Gasteiger partial charge in [-0.3, -0.25) is 4.79 Å². The molecule has 0 fully saturated rings. The van der Waals surface area contributed by atoms with Crippen LogP contribution in [0.25, 0.3) is 0 Å². The van der Waals surface area contributed by atoms with Gasteiger partial charge in [0.25, 0.3) is 0 Å². The molecular formula is C9H20N2O. The molecule has 0 heterocycles. The zero-order valence-electron chi connectivity index (χ0n) is 8.55. The van der Waals surface area contributed by atoms with Crippen LogP contribution in [0.1, 0.15) is 40.5 Å². The summed E-state index contributed by atoms with van der Waals surface area (Å²) in [5.41, 5.74) is 5.41. The molecule has 72 valence electrons. The minimum Gasteiger partial charge on any atom is -0.325 e. The van der Waals surface area contributed by atoms with E-state index in [4.69, 9.17) is 5.73 Å². The second kappa shape index (κ2) is 4.45. The van der Waals surface area contributed by atoms with Crippen LogP contribution in [-0.4, -0.2) is 23.0 Å². The van der Waals surface area contributed by atoms with E-state index in [-0.39, 0.29) is 11.4 Å². The number of carbonyl (C=O) groups excluding carboxylic acids is 1. The van der Waals surface area contributed by atoms with E-state index < -0.39 is 0 Å². The Balaban J connectivity index is 4.43. The average Bonchev–Trinajstić information content (AvgIpc) is 2.05. The molecule has 0 saturated heterocycles. The highest BCUT2D eigenvalue weighted by molar-refractivity contribution is 5.76. The molecule has 0 atom stereocenters. The fourth-order valence-corrected chi connectivity index (χ4v) is 1.07. The predicted molar refractivity (Wildman–Crippen MR) is 50.6 cm³/mol. The summed E-state index contributed by atoms with van der Waals surface area (Å²) in [5, 5.41) is 0. The van der Waals surface area contributed by atoms with Crippen LogP contribution in [-0.2, 0) is 4.79 Å². The Kier molecular flexibility index (Phi) is 4.24. The van der Waals surface area contributed by atoms with Crippen LogP contribution in [0.4, 0.5) is 0 Å². The molecule has 0 bridgehead atoms. The molecule has 0 aliphatic rings. The van der Waals surface area contributed by atoms with E-state index in [1.54, 1.807) is 4.90 Å². The zero-order chi connectivity index (χ0) is 9.78. The van der Waals surface area contributed by atoms with Crippen LogP contribution < -0.4 is 5.73 Å². The lowest BCUT2D eigenvalue weighted by atomic mass is 9.99. The lowest BCUT2D eigenvalue weighted by Crippen LogP contribution is -2.49. The van der Waals surface area contributed by atoms with Gasteiger partial charge in [-0.15, -0.1) is 0 Å². The van der Waals surface area contributed by atoms with E-state index >= 15 is 0 Å². The van der Waals surface area contributed by atoms with E-state index in [1.165, 1.54) is 0 Å². The van der Waals surface area contributed by atoms with Gasteiger partial charge in [0, 0.05) is 12.0 Å². The SMILES string of the molecule is CCC(=O)N(CN)C(C)(C)CC. The van der Waals surface area contributed by atoms with Crippen molar-refractivity contribution in [2.45, 2.75) is 46.1 Å². The topological polar surface area (TPSA) is 46.3 Å². The van der Waals surface area contributed by atoms with Gasteiger partial charge in [0.1, 0.15) is 0 Å². The normalized spacial score (nSPS) is 11.4. The fourth-order valence-electron chi connectivity index (χ4n) is 1.07. The van der Waals surface area contributed by atoms with Gasteiger partial charge in [-0.05, 0) is 20.3 Å². The van der Waals surface area contributed by atoms with Crippen molar-refractivity contribution >= 4 is 5.91 Å². The third-order valence-electron chi connectivity index (χ3n) is 2.38. The predicted octanol–water partition coefficient (Wildman–Crippen LogP) is 1.33. The molecule has 12 heavy (non-hydrogen) atoms. The van der Waals surface area contributed by atoms with Gasteiger partial charge in [-0.25, -0.2) is 0 Å². The number of hydrogen-bond donors (Lipinski definition) is 1. The second-order valence-corrected chi connectivity index (χ2v) is 3.52. The number of carbonyl (C=O) groups is 1. The largest absolute Gasteiger partial charge is 0.325 e. The Bertz CT molecular complexity index is 155. The molecule has 0 radical (unpaired) electrons. The Morgan fingerprint density at radius 2 is 1.92 bits per heavy atom. The molecule has 0 saturated carbocycles. The fraction of sp³-hybridized carbons (Fsp3) is 0.889. The van der Waals surface area contributed by atoms with E-state index in [2.05, 4.69) is 6.92 Å². The number of rotatable bonds is 4. The molecule has 0 aliphatic heterocycles. The smallest absolute Gasteiger partial charge is 0.223 e. The average molecular weight is 172 g/mol. The van der Waals surface area contributed by atoms with E-state index in [9.17, 15) is 4.79 Å². The highest BCUT2D eigenvalue weighted by Crippen LogP contribution is 2.17. The monoisotopic (exact) mass is 172 g/mol. The Morgan fingerprint density at radius 3 is 2.17 bits per heavy atom. The molecule has 3 heteroatoms. The molecule has 0 aromatic carbocycles. The molecule has 0 aromatic heterocycles. The molecular weight excluding hydrogens is 152 g/mol. The summed E-state index contributed by atoms with van der Waals surface area (Å²) in [5.74, 6) is 0.129. The number of amides is 1. The van der Waals surface area contributed by atoms with Crippen LogP contribution in [0, 0.1) is 0 Å². The van der Waals surface area contributed by atoms with Crippen LogP contribution in [0.5, 0.6) is 0 Å². The number of hydrogen-bond acceptors (Lipinski definition) is 2. The van der Waals surface area contributed by atoms with Crippen LogP contribution in [0.2, 0.25) is 0 Å². The first-order valence-corrected chi connectivity index (χ1v) is 4.50. The van der Waals surface area contributed by atoms with Gasteiger partial charge in [0.15, 0.2) is 0 Å². The molecule has 1 amide bonds. The first kappa shape index (κ1) is 11.4. The van der Waals surface area contributed by atoms with Gasteiger partial charge in [0.05, 0.1) is 6.67 Å². The van der Waals surface area contributed by atoms with Gasteiger partial charge in [-0.2, -0.15) is 0 Å². The molecule has 0 aromatic rings. The van der Waals surface area contributed by atoms with Crippen LogP contribution >= 0.6 is 0 Å². The zero-order valence-corrected chi connectivity index (χ0v) is 8.55. The maximum atomic E-state index is 11.4. The Labute approximate surface area is 74.9 Å². The Morgan fingerprint density at radius 1 is 1.42 bits per heavy atom. The molecule has 0 aliphatic carbocycles. The highest BCUT2D eigenvalue weighted by Gasteiger charge is 2.26. The highest BCUT2D eigenvalue weighted by atomic mass is 16.2. The van der Waals surface area contributed by atoms with Crippen molar-refractivity contribution in [3.63, 3.8) is 0 Å². The Hall–Kier alpha value is -0.570. The number of nitrogens with two attached hydrogens (primary N) is 1. The van der Waals surface area contributed by atoms with E-state index in [0.29, 0.717) is 13.1 Å². The van der Waals surface area contributed by atoms with Gasteiger partial charge >= 0.3 is 0 Å². The lowest BCUT2D eigenvalue weighted by molar-refractivity contribution is -0.136. The molecule has 0 spiro atoms. The maximum absolute atomic E-state index is 11.4. The molecule has 2 N–H and O–H groups in total. The minimum absolute atomic E-state index is 0.109. The first-order chi connectivity index (χ1) is 5.49. The van der Waals surface area contributed by atoms with Crippen molar-refractivity contribution in [2.75, 3.05) is 6.67 Å². The van der Waals surface area contributed by atoms with Gasteiger partial charge < -0.3 is 10.6 Å². The summed E-state index contributed by atoms with van der Waals surface area (Å²) >= 11 is 0. The van der Waals surface area contributed by atoms with E-state index in [1.807, 2.05) is 20.8 Å². The van der Waals surface area contributed by atoms with Crippen molar-refractivity contribution in [1.29, 1.82) is 0 Å². The summed E-state index contributed by atoms with van der Waals surface area (Å²) in [4.78, 5) is 13.1. The molecule has 3 nitrogen and oxygen atoms in total. The van der Waals surface area contributed by atoms with Crippen molar-refractivity contribution in [3.8, 4) is 0 Å². The lowest BCUT2D eigenvalue weighted by Gasteiger charge is -2.36. The minimum atomic E-state index is -0.109. The summed E-state index contributed by atoms with van der Waals surface area (Å²) in [6, 6.07) is 0. The second-order valence-electron chi connectivity index (χ2n) is 3.52. The third-order valence-corrected chi connectivity index (χ3v) is 2.38. The number of nitrogens with zero attached hydrogens (tertiary/aromatic N) is 1.